The third-order valence-corrected chi connectivity index (χ3v) is 3.39. The van der Waals surface area contributed by atoms with Crippen molar-refractivity contribution in [1.82, 2.24) is 0 Å². The lowest BCUT2D eigenvalue weighted by Crippen LogP contribution is -1.90. The quantitative estimate of drug-likeness (QED) is 0.724. The molecule has 0 fully saturated rings. The molecular formula is C14H13OS. The Bertz CT molecular complexity index is 413. The molecule has 1 radical (unpaired) electrons. The highest BCUT2D eigenvalue weighted by molar-refractivity contribution is 7.98. The van der Waals surface area contributed by atoms with E-state index >= 15 is 0 Å². The van der Waals surface area contributed by atoms with E-state index in [0.717, 1.165) is 11.3 Å². The first-order chi connectivity index (χ1) is 7.86. The zero-order chi connectivity index (χ0) is 11.2. The molecule has 0 bridgehead atoms. The average Bonchev–Trinajstić information content (AvgIpc) is 2.38. The van der Waals surface area contributed by atoms with Crippen LogP contribution < -0.4 is 0 Å². The van der Waals surface area contributed by atoms with Crippen LogP contribution in [0.1, 0.15) is 16.6 Å². The number of hydrogen-bond acceptors (Lipinski definition) is 1. The summed E-state index contributed by atoms with van der Waals surface area (Å²) in [5.74, 6) is 0.768. The molecule has 2 heteroatoms. The van der Waals surface area contributed by atoms with E-state index < -0.39 is 5.44 Å². The molecular weight excluding hydrogens is 216 g/mol. The highest BCUT2D eigenvalue weighted by Crippen LogP contribution is 2.29. The second-order valence-corrected chi connectivity index (χ2v) is 4.59. The summed E-state index contributed by atoms with van der Waals surface area (Å²) in [6, 6.07) is 19.6. The molecule has 1 nitrogen and oxygen atoms in total. The Labute approximate surface area is 100 Å². The van der Waals surface area contributed by atoms with Crippen LogP contribution in [0.3, 0.4) is 0 Å². The first-order valence-electron chi connectivity index (χ1n) is 5.22. The molecule has 0 aromatic heterocycles. The lowest BCUT2D eigenvalue weighted by molar-refractivity contribution is 0.167. The molecule has 0 aliphatic heterocycles. The Morgan fingerprint density at radius 1 is 0.875 bits per heavy atom. The zero-order valence-electron chi connectivity index (χ0n) is 8.87. The third-order valence-electron chi connectivity index (χ3n) is 2.32. The van der Waals surface area contributed by atoms with Crippen molar-refractivity contribution < 1.29 is 5.11 Å². The van der Waals surface area contributed by atoms with Gasteiger partial charge in [0.1, 0.15) is 0 Å². The largest absolute Gasteiger partial charge is 0.216 e. The van der Waals surface area contributed by atoms with Gasteiger partial charge in [0.15, 0.2) is 5.44 Å². The van der Waals surface area contributed by atoms with E-state index in [0.29, 0.717) is 0 Å². The third kappa shape index (κ3) is 3.12. The van der Waals surface area contributed by atoms with Crippen molar-refractivity contribution in [2.45, 2.75) is 11.2 Å². The number of rotatable bonds is 4. The van der Waals surface area contributed by atoms with Crippen molar-refractivity contribution in [2.75, 3.05) is 0 Å². The minimum absolute atomic E-state index is 0.693. The van der Waals surface area contributed by atoms with Gasteiger partial charge in [-0.05, 0) is 11.1 Å². The minimum Gasteiger partial charge on any atom is -0.216 e. The van der Waals surface area contributed by atoms with Gasteiger partial charge in [0.2, 0.25) is 0 Å². The Hall–Kier alpha value is -1.25. The fourth-order valence-corrected chi connectivity index (χ4v) is 2.34. The van der Waals surface area contributed by atoms with Crippen LogP contribution in [0.2, 0.25) is 0 Å². The molecule has 2 aromatic rings. The van der Waals surface area contributed by atoms with Gasteiger partial charge in [0, 0.05) is 5.75 Å². The van der Waals surface area contributed by atoms with E-state index in [1.165, 1.54) is 17.3 Å². The molecule has 0 N–H and O–H groups in total. The number of thioether (sulfide) groups is 1. The molecule has 0 heterocycles. The Morgan fingerprint density at radius 2 is 1.44 bits per heavy atom. The summed E-state index contributed by atoms with van der Waals surface area (Å²) in [4.78, 5) is 0. The molecule has 0 amide bonds. The second-order valence-electron chi connectivity index (χ2n) is 3.54. The normalized spacial score (nSPS) is 12.3. The first kappa shape index (κ1) is 11.2. The van der Waals surface area contributed by atoms with Crippen LogP contribution >= 0.6 is 11.8 Å². The van der Waals surface area contributed by atoms with Crippen LogP contribution in [0.4, 0.5) is 0 Å². The van der Waals surface area contributed by atoms with E-state index in [1.54, 1.807) is 0 Å². The van der Waals surface area contributed by atoms with Gasteiger partial charge in [-0.3, -0.25) is 0 Å². The Balaban J connectivity index is 1.92. The van der Waals surface area contributed by atoms with Crippen molar-refractivity contribution in [3.63, 3.8) is 0 Å². The molecule has 16 heavy (non-hydrogen) atoms. The van der Waals surface area contributed by atoms with Gasteiger partial charge in [0.25, 0.3) is 0 Å². The molecule has 1 unspecified atom stereocenters. The second kappa shape index (κ2) is 5.73. The molecule has 0 aliphatic rings. The predicted molar refractivity (Wildman–Crippen MR) is 67.6 cm³/mol. The molecule has 0 saturated heterocycles. The molecule has 2 aromatic carbocycles. The molecule has 0 saturated carbocycles. The first-order valence-corrected chi connectivity index (χ1v) is 6.27. The summed E-state index contributed by atoms with van der Waals surface area (Å²) >= 11 is 1.43. The molecule has 1 atom stereocenters. The molecule has 2 rings (SSSR count). The summed E-state index contributed by atoms with van der Waals surface area (Å²) in [5.41, 5.74) is 1.36. The van der Waals surface area contributed by atoms with Crippen LogP contribution in [-0.4, -0.2) is 0 Å². The minimum atomic E-state index is -0.693. The van der Waals surface area contributed by atoms with E-state index in [4.69, 9.17) is 0 Å². The smallest absolute Gasteiger partial charge is 0.164 e. The van der Waals surface area contributed by atoms with Crippen LogP contribution in [-0.2, 0) is 10.9 Å². The summed E-state index contributed by atoms with van der Waals surface area (Å²) in [5, 5.41) is 11.9. The SMILES string of the molecule is [O]C(SCc1ccccc1)c1ccccc1. The van der Waals surface area contributed by atoms with Gasteiger partial charge in [-0.2, -0.15) is 0 Å². The maximum absolute atomic E-state index is 11.9. The lowest BCUT2D eigenvalue weighted by Gasteiger charge is -2.08. The van der Waals surface area contributed by atoms with Crippen LogP contribution in [0.25, 0.3) is 0 Å². The highest BCUT2D eigenvalue weighted by Gasteiger charge is 2.08. The van der Waals surface area contributed by atoms with Gasteiger partial charge in [-0.15, -0.1) is 11.8 Å². The van der Waals surface area contributed by atoms with E-state index in [-0.39, 0.29) is 0 Å². The lowest BCUT2D eigenvalue weighted by atomic mass is 10.2. The molecule has 0 aliphatic carbocycles. The van der Waals surface area contributed by atoms with Gasteiger partial charge in [0.05, 0.1) is 0 Å². The maximum atomic E-state index is 11.9. The predicted octanol–water partition coefficient (Wildman–Crippen LogP) is 4.05. The summed E-state index contributed by atoms with van der Waals surface area (Å²) in [6.07, 6.45) is 0. The molecule has 81 valence electrons. The summed E-state index contributed by atoms with van der Waals surface area (Å²) in [6.45, 7) is 0. The molecule has 0 spiro atoms. The van der Waals surface area contributed by atoms with Crippen molar-refractivity contribution in [1.29, 1.82) is 0 Å². The van der Waals surface area contributed by atoms with Gasteiger partial charge in [-0.1, -0.05) is 60.7 Å². The Kier molecular flexibility index (Phi) is 4.03. The van der Waals surface area contributed by atoms with Crippen molar-refractivity contribution in [2.24, 2.45) is 0 Å². The highest BCUT2D eigenvalue weighted by atomic mass is 32.2. The van der Waals surface area contributed by atoms with Gasteiger partial charge < -0.3 is 0 Å². The number of benzene rings is 2. The maximum Gasteiger partial charge on any atom is 0.164 e. The van der Waals surface area contributed by atoms with Gasteiger partial charge >= 0.3 is 0 Å². The number of hydrogen-bond donors (Lipinski definition) is 0. The van der Waals surface area contributed by atoms with Crippen LogP contribution in [0.5, 0.6) is 0 Å². The average molecular weight is 229 g/mol. The van der Waals surface area contributed by atoms with Crippen LogP contribution in [0.15, 0.2) is 60.7 Å². The van der Waals surface area contributed by atoms with Crippen molar-refractivity contribution in [3.8, 4) is 0 Å². The fraction of sp³-hybridized carbons (Fsp3) is 0.143. The van der Waals surface area contributed by atoms with Crippen LogP contribution in [0, 0.1) is 0 Å². The zero-order valence-corrected chi connectivity index (χ0v) is 9.69. The fourth-order valence-electron chi connectivity index (χ4n) is 1.45. The van der Waals surface area contributed by atoms with E-state index in [1.807, 2.05) is 60.7 Å². The van der Waals surface area contributed by atoms with Crippen molar-refractivity contribution >= 4 is 11.8 Å². The topological polar surface area (TPSA) is 19.9 Å². The Morgan fingerprint density at radius 3 is 2.06 bits per heavy atom. The van der Waals surface area contributed by atoms with E-state index in [2.05, 4.69) is 0 Å². The summed E-state index contributed by atoms with van der Waals surface area (Å²) < 4.78 is 0. The van der Waals surface area contributed by atoms with E-state index in [9.17, 15) is 5.11 Å². The van der Waals surface area contributed by atoms with Gasteiger partial charge in [-0.25, -0.2) is 5.11 Å². The van der Waals surface area contributed by atoms with Crippen molar-refractivity contribution in [3.05, 3.63) is 71.8 Å². The summed E-state index contributed by atoms with van der Waals surface area (Å²) in [7, 11) is 0. The monoisotopic (exact) mass is 229 g/mol. The standard InChI is InChI=1S/C14H13OS/c15-14(13-9-5-2-6-10-13)16-11-12-7-3-1-4-8-12/h1-10,14H,11H2.